The number of nitrogens with zero attached hydrogens (tertiary/aromatic N) is 1. The van der Waals surface area contributed by atoms with Gasteiger partial charge in [0, 0.05) is 5.56 Å². The Morgan fingerprint density at radius 3 is 2.65 bits per heavy atom. The van der Waals surface area contributed by atoms with Crippen molar-refractivity contribution in [2.24, 2.45) is 0 Å². The maximum absolute atomic E-state index is 11.3. The second-order valence-electron chi connectivity index (χ2n) is 4.16. The smallest absolute Gasteiger partial charge is 0.352 e. The molecule has 0 radical (unpaired) electrons. The number of ether oxygens (including phenoxy) is 1. The molecule has 6 nitrogen and oxygen atoms in total. The molecular formula is C14H14N2O4. The highest BCUT2D eigenvalue weighted by atomic mass is 16.5. The van der Waals surface area contributed by atoms with Crippen molar-refractivity contribution in [2.75, 3.05) is 6.61 Å². The molecular weight excluding hydrogens is 260 g/mol. The molecule has 0 aliphatic carbocycles. The van der Waals surface area contributed by atoms with Crippen LogP contribution < -0.4 is 10.4 Å². The van der Waals surface area contributed by atoms with E-state index in [0.29, 0.717) is 17.9 Å². The van der Waals surface area contributed by atoms with E-state index in [1.165, 1.54) is 6.07 Å². The number of carboxylic acids is 1. The minimum absolute atomic E-state index is 0.189. The van der Waals surface area contributed by atoms with Crippen LogP contribution in [0.2, 0.25) is 0 Å². The van der Waals surface area contributed by atoms with Gasteiger partial charge in [-0.15, -0.1) is 0 Å². The Morgan fingerprint density at radius 2 is 2.05 bits per heavy atom. The van der Waals surface area contributed by atoms with Gasteiger partial charge in [0.15, 0.2) is 0 Å². The van der Waals surface area contributed by atoms with Crippen LogP contribution in [0, 0.1) is 0 Å². The Balaban J connectivity index is 2.31. The molecule has 0 amide bonds. The SMILES string of the molecule is CCCOc1ccc(-c2cc(C(=O)O)[nH]c(=O)n2)cc1. The summed E-state index contributed by atoms with van der Waals surface area (Å²) < 4.78 is 5.45. The van der Waals surface area contributed by atoms with Gasteiger partial charge >= 0.3 is 11.7 Å². The van der Waals surface area contributed by atoms with E-state index in [4.69, 9.17) is 9.84 Å². The average molecular weight is 274 g/mol. The summed E-state index contributed by atoms with van der Waals surface area (Å²) in [6.45, 7) is 2.65. The normalized spacial score (nSPS) is 10.2. The van der Waals surface area contributed by atoms with E-state index in [2.05, 4.69) is 9.97 Å². The summed E-state index contributed by atoms with van der Waals surface area (Å²) in [5.41, 5.74) is 0.0909. The zero-order chi connectivity index (χ0) is 14.5. The Bertz CT molecular complexity index is 662. The van der Waals surface area contributed by atoms with Crippen molar-refractivity contribution < 1.29 is 14.6 Å². The first kappa shape index (κ1) is 13.8. The minimum Gasteiger partial charge on any atom is -0.494 e. The van der Waals surface area contributed by atoms with Crippen molar-refractivity contribution in [3.05, 3.63) is 46.5 Å². The van der Waals surface area contributed by atoms with Crippen LogP contribution >= 0.6 is 0 Å². The molecule has 0 bridgehead atoms. The van der Waals surface area contributed by atoms with Crippen LogP contribution in [0.5, 0.6) is 5.75 Å². The van der Waals surface area contributed by atoms with E-state index in [0.717, 1.165) is 12.2 Å². The van der Waals surface area contributed by atoms with Crippen LogP contribution in [0.25, 0.3) is 11.3 Å². The second-order valence-corrected chi connectivity index (χ2v) is 4.16. The summed E-state index contributed by atoms with van der Waals surface area (Å²) in [5, 5.41) is 8.90. The number of H-pyrrole nitrogens is 1. The number of hydrogen-bond donors (Lipinski definition) is 2. The van der Waals surface area contributed by atoms with Crippen LogP contribution in [0.1, 0.15) is 23.8 Å². The van der Waals surface area contributed by atoms with Crippen LogP contribution in [-0.2, 0) is 0 Å². The largest absolute Gasteiger partial charge is 0.494 e. The first-order valence-electron chi connectivity index (χ1n) is 6.18. The lowest BCUT2D eigenvalue weighted by Crippen LogP contribution is -2.16. The zero-order valence-corrected chi connectivity index (χ0v) is 10.9. The van der Waals surface area contributed by atoms with Crippen molar-refractivity contribution in [2.45, 2.75) is 13.3 Å². The van der Waals surface area contributed by atoms with E-state index >= 15 is 0 Å². The van der Waals surface area contributed by atoms with E-state index in [1.54, 1.807) is 24.3 Å². The van der Waals surface area contributed by atoms with Crippen LogP contribution in [0.3, 0.4) is 0 Å². The van der Waals surface area contributed by atoms with Crippen molar-refractivity contribution >= 4 is 5.97 Å². The number of hydrogen-bond acceptors (Lipinski definition) is 4. The van der Waals surface area contributed by atoms with Gasteiger partial charge < -0.3 is 9.84 Å². The molecule has 1 aromatic heterocycles. The number of rotatable bonds is 5. The lowest BCUT2D eigenvalue weighted by Gasteiger charge is -2.06. The van der Waals surface area contributed by atoms with Crippen molar-refractivity contribution in [1.29, 1.82) is 0 Å². The Morgan fingerprint density at radius 1 is 1.35 bits per heavy atom. The molecule has 0 aliphatic rings. The lowest BCUT2D eigenvalue weighted by molar-refractivity contribution is 0.0690. The fourth-order valence-corrected chi connectivity index (χ4v) is 1.66. The first-order valence-corrected chi connectivity index (χ1v) is 6.18. The molecule has 1 heterocycles. The van der Waals surface area contributed by atoms with Gasteiger partial charge in [-0.05, 0) is 36.8 Å². The molecule has 2 aromatic rings. The van der Waals surface area contributed by atoms with Gasteiger partial charge in [0.2, 0.25) is 0 Å². The minimum atomic E-state index is -1.20. The molecule has 6 heteroatoms. The predicted molar refractivity (Wildman–Crippen MR) is 73.0 cm³/mol. The molecule has 0 saturated heterocycles. The number of aromatic carboxylic acids is 1. The summed E-state index contributed by atoms with van der Waals surface area (Å²) in [6, 6.07) is 8.31. The number of carbonyl (C=O) groups is 1. The van der Waals surface area contributed by atoms with Gasteiger partial charge in [-0.2, -0.15) is 4.98 Å². The van der Waals surface area contributed by atoms with Crippen LogP contribution in [-0.4, -0.2) is 27.7 Å². The maximum Gasteiger partial charge on any atom is 0.352 e. The third-order valence-electron chi connectivity index (χ3n) is 2.60. The number of aromatic amines is 1. The Labute approximate surface area is 115 Å². The molecule has 1 aromatic carbocycles. The average Bonchev–Trinajstić information content (AvgIpc) is 2.45. The van der Waals surface area contributed by atoms with Crippen molar-refractivity contribution in [1.82, 2.24) is 9.97 Å². The summed E-state index contributed by atoms with van der Waals surface area (Å²) in [5.74, 6) is -0.479. The molecule has 20 heavy (non-hydrogen) atoms. The highest BCUT2D eigenvalue weighted by Gasteiger charge is 2.09. The summed E-state index contributed by atoms with van der Waals surface area (Å²) in [7, 11) is 0. The van der Waals surface area contributed by atoms with Gasteiger partial charge in [-0.25, -0.2) is 9.59 Å². The number of carboxylic acid groups (broad SMARTS) is 1. The molecule has 2 rings (SSSR count). The number of benzene rings is 1. The predicted octanol–water partition coefficient (Wildman–Crippen LogP) is 1.92. The zero-order valence-electron chi connectivity index (χ0n) is 10.9. The third kappa shape index (κ3) is 3.23. The fourth-order valence-electron chi connectivity index (χ4n) is 1.66. The van der Waals surface area contributed by atoms with Crippen LogP contribution in [0.15, 0.2) is 35.1 Å². The van der Waals surface area contributed by atoms with Gasteiger partial charge in [0.25, 0.3) is 0 Å². The molecule has 0 aliphatic heterocycles. The highest BCUT2D eigenvalue weighted by molar-refractivity contribution is 5.86. The van der Waals surface area contributed by atoms with Crippen molar-refractivity contribution in [3.8, 4) is 17.0 Å². The van der Waals surface area contributed by atoms with Gasteiger partial charge in [0.1, 0.15) is 11.4 Å². The number of aromatic nitrogens is 2. The Kier molecular flexibility index (Phi) is 4.14. The van der Waals surface area contributed by atoms with E-state index < -0.39 is 11.7 Å². The molecule has 0 spiro atoms. The van der Waals surface area contributed by atoms with E-state index in [1.807, 2.05) is 6.92 Å². The maximum atomic E-state index is 11.3. The molecule has 0 fully saturated rings. The van der Waals surface area contributed by atoms with Gasteiger partial charge in [-0.1, -0.05) is 6.92 Å². The molecule has 2 N–H and O–H groups in total. The fraction of sp³-hybridized carbons (Fsp3) is 0.214. The quantitative estimate of drug-likeness (QED) is 0.869. The van der Waals surface area contributed by atoms with E-state index in [-0.39, 0.29) is 5.69 Å². The number of nitrogens with one attached hydrogen (secondary N) is 1. The topological polar surface area (TPSA) is 92.3 Å². The second kappa shape index (κ2) is 6.01. The van der Waals surface area contributed by atoms with Crippen LogP contribution in [0.4, 0.5) is 0 Å². The molecule has 104 valence electrons. The first-order chi connectivity index (χ1) is 9.60. The van der Waals surface area contributed by atoms with E-state index in [9.17, 15) is 9.59 Å². The Hall–Kier alpha value is -2.63. The monoisotopic (exact) mass is 274 g/mol. The lowest BCUT2D eigenvalue weighted by atomic mass is 10.1. The highest BCUT2D eigenvalue weighted by Crippen LogP contribution is 2.20. The molecule has 0 saturated carbocycles. The third-order valence-corrected chi connectivity index (χ3v) is 2.60. The summed E-state index contributed by atoms with van der Waals surface area (Å²) in [6.07, 6.45) is 0.916. The molecule has 0 unspecified atom stereocenters. The van der Waals surface area contributed by atoms with Gasteiger partial charge in [-0.3, -0.25) is 4.98 Å². The molecule has 0 atom stereocenters. The summed E-state index contributed by atoms with van der Waals surface area (Å²) >= 11 is 0. The summed E-state index contributed by atoms with van der Waals surface area (Å²) in [4.78, 5) is 28.2. The van der Waals surface area contributed by atoms with Gasteiger partial charge in [0.05, 0.1) is 12.3 Å². The standard InChI is InChI=1S/C14H14N2O4/c1-2-7-20-10-5-3-9(4-6-10)11-8-12(13(17)18)16-14(19)15-11/h3-6,8H,2,7H2,1H3,(H,17,18)(H,15,16,19). The van der Waals surface area contributed by atoms with Crippen molar-refractivity contribution in [3.63, 3.8) is 0 Å².